The van der Waals surface area contributed by atoms with Gasteiger partial charge in [0.1, 0.15) is 0 Å². The van der Waals surface area contributed by atoms with Gasteiger partial charge in [-0.2, -0.15) is 0 Å². The molecule has 0 radical (unpaired) electrons. The van der Waals surface area contributed by atoms with Crippen molar-refractivity contribution in [2.45, 2.75) is 39.2 Å². The maximum atomic E-state index is 5.87. The smallest absolute Gasteiger partial charge is 0.0366 e. The molecule has 0 aromatic heterocycles. The zero-order valence-corrected chi connectivity index (χ0v) is 11.0. The highest BCUT2D eigenvalue weighted by atomic mass is 15.1. The molecule has 0 unspecified atom stereocenters. The number of nitrogens with zero attached hydrogens (tertiary/aromatic N) is 1. The lowest BCUT2D eigenvalue weighted by Crippen LogP contribution is -2.32. The molecule has 1 fully saturated rings. The van der Waals surface area contributed by atoms with Gasteiger partial charge in [0.25, 0.3) is 0 Å². The maximum Gasteiger partial charge on any atom is 0.0366 e. The Bertz CT molecular complexity index is 338. The first-order valence-electron chi connectivity index (χ1n) is 6.81. The predicted octanol–water partition coefficient (Wildman–Crippen LogP) is 3.33. The summed E-state index contributed by atoms with van der Waals surface area (Å²) in [6, 6.07) is 8.86. The van der Waals surface area contributed by atoms with Crippen molar-refractivity contribution in [3.05, 3.63) is 29.8 Å². The molecule has 1 saturated carbocycles. The third-order valence-electron chi connectivity index (χ3n) is 3.87. The average Bonchev–Trinajstić information content (AvgIpc) is 2.28. The Morgan fingerprint density at radius 2 is 1.94 bits per heavy atom. The van der Waals surface area contributed by atoms with E-state index in [4.69, 9.17) is 5.73 Å². The molecule has 2 heteroatoms. The molecule has 0 amide bonds. The first kappa shape index (κ1) is 12.4. The zero-order chi connectivity index (χ0) is 12.3. The molecule has 0 aliphatic heterocycles. The molecule has 1 atom stereocenters. The Morgan fingerprint density at radius 3 is 2.35 bits per heavy atom. The number of benzene rings is 1. The van der Waals surface area contributed by atoms with Crippen molar-refractivity contribution in [1.82, 2.24) is 0 Å². The molecule has 0 saturated heterocycles. The fourth-order valence-electron chi connectivity index (χ4n) is 2.39. The van der Waals surface area contributed by atoms with Gasteiger partial charge in [0.15, 0.2) is 0 Å². The largest absolute Gasteiger partial charge is 0.372 e. The van der Waals surface area contributed by atoms with Crippen LogP contribution in [0.4, 0.5) is 5.69 Å². The average molecular weight is 232 g/mol. The molecule has 1 aliphatic carbocycles. The quantitative estimate of drug-likeness (QED) is 0.843. The molecule has 0 spiro atoms. The summed E-state index contributed by atoms with van der Waals surface area (Å²) in [6.45, 7) is 6.57. The SMILES string of the molecule is CCN(CC1CCC1)c1ccc([C@@H](C)N)cc1. The summed E-state index contributed by atoms with van der Waals surface area (Å²) in [5.74, 6) is 0.919. The zero-order valence-electron chi connectivity index (χ0n) is 11.0. The molecule has 2 N–H and O–H groups in total. The van der Waals surface area contributed by atoms with Crippen LogP contribution in [0.1, 0.15) is 44.7 Å². The number of hydrogen-bond donors (Lipinski definition) is 1. The summed E-state index contributed by atoms with van der Waals surface area (Å²) >= 11 is 0. The lowest BCUT2D eigenvalue weighted by molar-refractivity contribution is 0.318. The van der Waals surface area contributed by atoms with Crippen LogP contribution in [0.5, 0.6) is 0 Å². The third kappa shape index (κ3) is 3.01. The van der Waals surface area contributed by atoms with Gasteiger partial charge in [-0.3, -0.25) is 0 Å². The van der Waals surface area contributed by atoms with Gasteiger partial charge in [-0.25, -0.2) is 0 Å². The molecule has 1 aromatic carbocycles. The van der Waals surface area contributed by atoms with Crippen LogP contribution in [-0.2, 0) is 0 Å². The van der Waals surface area contributed by atoms with E-state index in [1.807, 2.05) is 6.92 Å². The number of hydrogen-bond acceptors (Lipinski definition) is 2. The van der Waals surface area contributed by atoms with Crippen molar-refractivity contribution >= 4 is 5.69 Å². The minimum Gasteiger partial charge on any atom is -0.372 e. The topological polar surface area (TPSA) is 29.3 Å². The minimum absolute atomic E-state index is 0.130. The van der Waals surface area contributed by atoms with Crippen molar-refractivity contribution < 1.29 is 0 Å². The van der Waals surface area contributed by atoms with Crippen molar-refractivity contribution in [3.63, 3.8) is 0 Å². The first-order valence-corrected chi connectivity index (χ1v) is 6.81. The van der Waals surface area contributed by atoms with Gasteiger partial charge in [0, 0.05) is 24.8 Å². The summed E-state index contributed by atoms with van der Waals surface area (Å²) in [4.78, 5) is 2.48. The van der Waals surface area contributed by atoms with E-state index in [1.165, 1.54) is 37.1 Å². The molecule has 1 aliphatic rings. The second kappa shape index (κ2) is 5.54. The normalized spacial score (nSPS) is 17.6. The van der Waals surface area contributed by atoms with Gasteiger partial charge in [-0.05, 0) is 50.3 Å². The van der Waals surface area contributed by atoms with E-state index < -0.39 is 0 Å². The fraction of sp³-hybridized carbons (Fsp3) is 0.600. The second-order valence-corrected chi connectivity index (χ2v) is 5.22. The van der Waals surface area contributed by atoms with Crippen molar-refractivity contribution in [2.75, 3.05) is 18.0 Å². The van der Waals surface area contributed by atoms with Crippen LogP contribution >= 0.6 is 0 Å². The second-order valence-electron chi connectivity index (χ2n) is 5.22. The summed E-state index contributed by atoms with van der Waals surface area (Å²) in [6.07, 6.45) is 4.24. The van der Waals surface area contributed by atoms with E-state index in [-0.39, 0.29) is 6.04 Å². The van der Waals surface area contributed by atoms with E-state index in [0.29, 0.717) is 0 Å². The standard InChI is InChI=1S/C15H24N2/c1-3-17(11-13-5-4-6-13)15-9-7-14(8-10-15)12(2)16/h7-10,12-13H,3-6,11,16H2,1-2H3/t12-/m1/s1. The Kier molecular flexibility index (Phi) is 4.06. The molecule has 2 rings (SSSR count). The lowest BCUT2D eigenvalue weighted by atomic mass is 9.85. The van der Waals surface area contributed by atoms with Crippen LogP contribution in [-0.4, -0.2) is 13.1 Å². The van der Waals surface area contributed by atoms with Gasteiger partial charge in [-0.15, -0.1) is 0 Å². The van der Waals surface area contributed by atoms with Gasteiger partial charge >= 0.3 is 0 Å². The number of nitrogens with two attached hydrogens (primary N) is 1. The van der Waals surface area contributed by atoms with Crippen molar-refractivity contribution in [2.24, 2.45) is 11.7 Å². The summed E-state index contributed by atoms with van der Waals surface area (Å²) in [7, 11) is 0. The molecule has 0 heterocycles. The summed E-state index contributed by atoms with van der Waals surface area (Å²) in [5, 5.41) is 0. The van der Waals surface area contributed by atoms with Crippen LogP contribution in [0.3, 0.4) is 0 Å². The van der Waals surface area contributed by atoms with Crippen LogP contribution < -0.4 is 10.6 Å². The Hall–Kier alpha value is -1.02. The van der Waals surface area contributed by atoms with Gasteiger partial charge < -0.3 is 10.6 Å². The Balaban J connectivity index is 2.02. The van der Waals surface area contributed by atoms with Crippen molar-refractivity contribution in [3.8, 4) is 0 Å². The van der Waals surface area contributed by atoms with Gasteiger partial charge in [0.05, 0.1) is 0 Å². The molecule has 94 valence electrons. The van der Waals surface area contributed by atoms with Gasteiger partial charge in [-0.1, -0.05) is 18.6 Å². The van der Waals surface area contributed by atoms with E-state index >= 15 is 0 Å². The van der Waals surface area contributed by atoms with Crippen molar-refractivity contribution in [1.29, 1.82) is 0 Å². The monoisotopic (exact) mass is 232 g/mol. The van der Waals surface area contributed by atoms with E-state index in [9.17, 15) is 0 Å². The van der Waals surface area contributed by atoms with Crippen LogP contribution in [0.2, 0.25) is 0 Å². The fourth-order valence-corrected chi connectivity index (χ4v) is 2.39. The molecular weight excluding hydrogens is 208 g/mol. The van der Waals surface area contributed by atoms with E-state index in [2.05, 4.69) is 36.1 Å². The number of rotatable bonds is 5. The number of anilines is 1. The highest BCUT2D eigenvalue weighted by Crippen LogP contribution is 2.29. The summed E-state index contributed by atoms with van der Waals surface area (Å²) < 4.78 is 0. The van der Waals surface area contributed by atoms with Gasteiger partial charge in [0.2, 0.25) is 0 Å². The molecule has 1 aromatic rings. The lowest BCUT2D eigenvalue weighted by Gasteiger charge is -2.33. The predicted molar refractivity (Wildman–Crippen MR) is 74.3 cm³/mol. The molecule has 17 heavy (non-hydrogen) atoms. The molecule has 2 nitrogen and oxygen atoms in total. The van der Waals surface area contributed by atoms with Crippen LogP contribution in [0.25, 0.3) is 0 Å². The van der Waals surface area contributed by atoms with Crippen LogP contribution in [0.15, 0.2) is 24.3 Å². The summed E-state index contributed by atoms with van der Waals surface area (Å²) in [5.41, 5.74) is 8.42. The van der Waals surface area contributed by atoms with Crippen LogP contribution in [0, 0.1) is 5.92 Å². The highest BCUT2D eigenvalue weighted by Gasteiger charge is 2.20. The minimum atomic E-state index is 0.130. The Morgan fingerprint density at radius 1 is 1.29 bits per heavy atom. The third-order valence-corrected chi connectivity index (χ3v) is 3.87. The first-order chi connectivity index (χ1) is 8.20. The van der Waals surface area contributed by atoms with E-state index in [1.54, 1.807) is 0 Å². The van der Waals surface area contributed by atoms with E-state index in [0.717, 1.165) is 12.5 Å². The Labute approximate surface area is 105 Å². The highest BCUT2D eigenvalue weighted by molar-refractivity contribution is 5.48. The maximum absolute atomic E-state index is 5.87. The molecular formula is C15H24N2. The molecule has 0 bridgehead atoms.